The van der Waals surface area contributed by atoms with E-state index in [4.69, 9.17) is 0 Å². The molecule has 0 bridgehead atoms. The van der Waals surface area contributed by atoms with Crippen molar-refractivity contribution in [1.82, 2.24) is 15.6 Å². The maximum absolute atomic E-state index is 13.4. The van der Waals surface area contributed by atoms with Gasteiger partial charge in [0.15, 0.2) is 0 Å². The number of nitrogens with one attached hydrogen (secondary N) is 2. The van der Waals surface area contributed by atoms with Crippen molar-refractivity contribution in [2.45, 2.75) is 36.6 Å². The zero-order valence-electron chi connectivity index (χ0n) is 17.5. The lowest BCUT2D eigenvalue weighted by Crippen LogP contribution is -2.59. The van der Waals surface area contributed by atoms with Crippen LogP contribution in [0.1, 0.15) is 30.0 Å². The lowest BCUT2D eigenvalue weighted by molar-refractivity contribution is -0.167. The number of carbonyl (C=O) groups is 2. The Kier molecular flexibility index (Phi) is 7.29. The molecule has 0 radical (unpaired) electrons. The van der Waals surface area contributed by atoms with Crippen LogP contribution in [0.25, 0.3) is 0 Å². The summed E-state index contributed by atoms with van der Waals surface area (Å²) in [5.74, 6) is -1.83. The van der Waals surface area contributed by atoms with Gasteiger partial charge in [-0.05, 0) is 35.4 Å². The van der Waals surface area contributed by atoms with E-state index >= 15 is 0 Å². The van der Waals surface area contributed by atoms with E-state index in [-0.39, 0.29) is 5.75 Å². The molecule has 1 saturated heterocycles. The van der Waals surface area contributed by atoms with Gasteiger partial charge in [0.1, 0.15) is 17.4 Å². The molecule has 2 N–H and O–H groups in total. The van der Waals surface area contributed by atoms with E-state index in [9.17, 15) is 27.2 Å². The Labute approximate surface area is 205 Å². The summed E-state index contributed by atoms with van der Waals surface area (Å²) in [7, 11) is 0. The van der Waals surface area contributed by atoms with Gasteiger partial charge >= 0.3 is 6.18 Å². The van der Waals surface area contributed by atoms with Gasteiger partial charge in [0.2, 0.25) is 5.91 Å². The van der Waals surface area contributed by atoms with Crippen LogP contribution in [0.15, 0.2) is 58.1 Å². The van der Waals surface area contributed by atoms with Gasteiger partial charge in [-0.25, -0.2) is 9.40 Å². The van der Waals surface area contributed by atoms with E-state index in [1.807, 2.05) is 24.3 Å². The molecule has 12 heteroatoms. The smallest absolute Gasteiger partial charge is 0.332 e. The van der Waals surface area contributed by atoms with Crippen molar-refractivity contribution in [1.29, 1.82) is 0 Å². The number of amides is 2. The summed E-state index contributed by atoms with van der Waals surface area (Å²) in [5.41, 5.74) is 1.07. The maximum atomic E-state index is 13.4. The van der Waals surface area contributed by atoms with E-state index in [0.29, 0.717) is 17.7 Å². The van der Waals surface area contributed by atoms with E-state index in [2.05, 4.69) is 31.7 Å². The first-order chi connectivity index (χ1) is 16.1. The average molecular weight is 559 g/mol. The SMILES string of the molecule is O=C1CC(C(F)(F)F)NC(SCC(=O)N2N=C(c3ccc(Br)cc3)CC2c2ccc(F)cc2)N1. The van der Waals surface area contributed by atoms with Crippen LogP contribution in [0.4, 0.5) is 17.6 Å². The molecular weight excluding hydrogens is 540 g/mol. The van der Waals surface area contributed by atoms with Gasteiger partial charge < -0.3 is 5.32 Å². The third-order valence-electron chi connectivity index (χ3n) is 5.40. The van der Waals surface area contributed by atoms with Crippen LogP contribution in [0, 0.1) is 5.82 Å². The summed E-state index contributed by atoms with van der Waals surface area (Å²) in [6, 6.07) is 10.7. The zero-order valence-corrected chi connectivity index (χ0v) is 19.9. The van der Waals surface area contributed by atoms with E-state index < -0.39 is 47.8 Å². The van der Waals surface area contributed by atoms with E-state index in [0.717, 1.165) is 21.8 Å². The number of rotatable bonds is 5. The highest BCUT2D eigenvalue weighted by Crippen LogP contribution is 2.34. The fourth-order valence-electron chi connectivity index (χ4n) is 3.70. The third kappa shape index (κ3) is 5.78. The number of halogens is 5. The predicted octanol–water partition coefficient (Wildman–Crippen LogP) is 4.32. The molecule has 6 nitrogen and oxygen atoms in total. The van der Waals surface area contributed by atoms with Gasteiger partial charge in [-0.2, -0.15) is 18.3 Å². The van der Waals surface area contributed by atoms with Crippen molar-refractivity contribution in [3.8, 4) is 0 Å². The van der Waals surface area contributed by atoms with Crippen molar-refractivity contribution in [3.05, 3.63) is 69.9 Å². The Balaban J connectivity index is 1.51. The predicted molar refractivity (Wildman–Crippen MR) is 123 cm³/mol. The number of hydrazone groups is 1. The number of hydrogen-bond acceptors (Lipinski definition) is 5. The summed E-state index contributed by atoms with van der Waals surface area (Å²) >= 11 is 4.22. The first kappa shape index (κ1) is 24.7. The molecule has 0 spiro atoms. The molecule has 0 saturated carbocycles. The van der Waals surface area contributed by atoms with Crippen molar-refractivity contribution in [3.63, 3.8) is 0 Å². The highest BCUT2D eigenvalue weighted by atomic mass is 79.9. The van der Waals surface area contributed by atoms with Crippen molar-refractivity contribution in [2.24, 2.45) is 5.10 Å². The van der Waals surface area contributed by atoms with E-state index in [1.54, 1.807) is 12.1 Å². The van der Waals surface area contributed by atoms with Crippen molar-refractivity contribution >= 4 is 45.2 Å². The van der Waals surface area contributed by atoms with Crippen LogP contribution in [0.5, 0.6) is 0 Å². The molecule has 4 rings (SSSR count). The number of alkyl halides is 3. The Hall–Kier alpha value is -2.44. The van der Waals surface area contributed by atoms with Gasteiger partial charge in [0.05, 0.1) is 23.9 Å². The minimum absolute atomic E-state index is 0.225. The summed E-state index contributed by atoms with van der Waals surface area (Å²) in [6.07, 6.45) is -4.90. The molecule has 2 aromatic rings. The first-order valence-corrected chi connectivity index (χ1v) is 12.1. The third-order valence-corrected chi connectivity index (χ3v) is 6.93. The normalized spacial score (nSPS) is 23.0. The van der Waals surface area contributed by atoms with Crippen LogP contribution in [0.2, 0.25) is 0 Å². The largest absolute Gasteiger partial charge is 0.404 e. The van der Waals surface area contributed by atoms with Gasteiger partial charge in [-0.15, -0.1) is 11.8 Å². The Bertz CT molecular complexity index is 1100. The fraction of sp³-hybridized carbons (Fsp3) is 0.318. The van der Waals surface area contributed by atoms with Gasteiger partial charge in [-0.3, -0.25) is 14.9 Å². The molecule has 3 unspecified atom stereocenters. The number of carbonyl (C=O) groups excluding carboxylic acids is 2. The van der Waals surface area contributed by atoms with Crippen LogP contribution in [0.3, 0.4) is 0 Å². The lowest BCUT2D eigenvalue weighted by Gasteiger charge is -2.32. The van der Waals surface area contributed by atoms with E-state index in [1.165, 1.54) is 17.1 Å². The second-order valence-electron chi connectivity index (χ2n) is 7.79. The van der Waals surface area contributed by atoms with Crippen LogP contribution in [-0.4, -0.2) is 46.0 Å². The minimum Gasteiger partial charge on any atom is -0.332 e. The molecule has 0 aromatic heterocycles. The van der Waals surface area contributed by atoms with Crippen LogP contribution in [-0.2, 0) is 9.59 Å². The highest BCUT2D eigenvalue weighted by Gasteiger charge is 2.45. The second kappa shape index (κ2) is 10.0. The molecule has 1 fully saturated rings. The molecule has 2 aliphatic rings. The molecule has 2 aliphatic heterocycles. The molecule has 2 amide bonds. The zero-order chi connectivity index (χ0) is 24.5. The standard InChI is InChI=1S/C22H19BrF4N4O2S/c23-14-5-1-12(2-6-14)16-9-17(13-3-7-15(24)8-4-13)31(30-16)20(33)11-34-21-28-18(22(25,26)27)10-19(32)29-21/h1-8,17-18,21,28H,9-11H2,(H,29,32). The summed E-state index contributed by atoms with van der Waals surface area (Å²) in [4.78, 5) is 24.8. The maximum Gasteiger partial charge on any atom is 0.404 e. The summed E-state index contributed by atoms with van der Waals surface area (Å²) in [6.45, 7) is 0. The van der Waals surface area contributed by atoms with Gasteiger partial charge in [-0.1, -0.05) is 40.2 Å². The van der Waals surface area contributed by atoms with Gasteiger partial charge in [0, 0.05) is 10.9 Å². The van der Waals surface area contributed by atoms with Crippen LogP contribution >= 0.6 is 27.7 Å². The number of nitrogens with zero attached hydrogens (tertiary/aromatic N) is 2. The summed E-state index contributed by atoms with van der Waals surface area (Å²) in [5, 5.41) is 10.5. The lowest BCUT2D eigenvalue weighted by atomic mass is 9.98. The van der Waals surface area contributed by atoms with Crippen molar-refractivity contribution in [2.75, 3.05) is 5.75 Å². The minimum atomic E-state index is -4.58. The molecule has 3 atom stereocenters. The quantitative estimate of drug-likeness (QED) is 0.536. The molecule has 0 aliphatic carbocycles. The molecule has 180 valence electrons. The first-order valence-electron chi connectivity index (χ1n) is 10.2. The molecule has 2 heterocycles. The second-order valence-corrected chi connectivity index (χ2v) is 9.80. The Morgan fingerprint density at radius 1 is 1.12 bits per heavy atom. The van der Waals surface area contributed by atoms with Crippen molar-refractivity contribution < 1.29 is 27.2 Å². The number of hydrogen-bond donors (Lipinski definition) is 2. The number of thioether (sulfide) groups is 1. The molecule has 2 aromatic carbocycles. The monoisotopic (exact) mass is 558 g/mol. The average Bonchev–Trinajstić information content (AvgIpc) is 3.23. The van der Waals surface area contributed by atoms with Crippen LogP contribution < -0.4 is 10.6 Å². The fourth-order valence-corrected chi connectivity index (χ4v) is 4.88. The highest BCUT2D eigenvalue weighted by molar-refractivity contribution is 9.10. The number of benzene rings is 2. The Morgan fingerprint density at radius 2 is 1.79 bits per heavy atom. The van der Waals surface area contributed by atoms with Gasteiger partial charge in [0.25, 0.3) is 5.91 Å². The molecule has 34 heavy (non-hydrogen) atoms. The molecular formula is C22H19BrF4N4O2S. The Morgan fingerprint density at radius 3 is 2.44 bits per heavy atom. The summed E-state index contributed by atoms with van der Waals surface area (Å²) < 4.78 is 53.5. The topological polar surface area (TPSA) is 73.8 Å².